The van der Waals surface area contributed by atoms with Crippen molar-refractivity contribution in [2.45, 2.75) is 6.92 Å². The Morgan fingerprint density at radius 1 is 1.33 bits per heavy atom. The van der Waals surface area contributed by atoms with Gasteiger partial charge >= 0.3 is 0 Å². The van der Waals surface area contributed by atoms with Gasteiger partial charge in [-0.15, -0.1) is 0 Å². The highest BCUT2D eigenvalue weighted by atomic mass is 127. The second kappa shape index (κ2) is 3.13. The summed E-state index contributed by atoms with van der Waals surface area (Å²) in [6.45, 7) is 2.12. The Labute approximate surface area is 97.4 Å². The maximum atomic E-state index is 4.18. The molecule has 0 amide bonds. The standard InChI is InChI=1S/C8H6I2N2/c1-4-2-3-5-6(7(4)9)8(10)12-11-5/h2-3H,1H3,(H,11,12). The average Bonchev–Trinajstić information content (AvgIpc) is 2.41. The summed E-state index contributed by atoms with van der Waals surface area (Å²) in [5, 5.41) is 8.41. The second-order valence-corrected chi connectivity index (χ2v) is 4.79. The molecule has 0 spiro atoms. The van der Waals surface area contributed by atoms with Gasteiger partial charge in [0.05, 0.1) is 5.52 Å². The van der Waals surface area contributed by atoms with Gasteiger partial charge in [0.2, 0.25) is 0 Å². The van der Waals surface area contributed by atoms with Crippen molar-refractivity contribution in [2.75, 3.05) is 0 Å². The van der Waals surface area contributed by atoms with Crippen molar-refractivity contribution < 1.29 is 0 Å². The summed E-state index contributed by atoms with van der Waals surface area (Å²) in [5.41, 5.74) is 2.36. The van der Waals surface area contributed by atoms with Crippen LogP contribution in [0.4, 0.5) is 0 Å². The highest BCUT2D eigenvalue weighted by Crippen LogP contribution is 2.25. The number of nitrogens with zero attached hydrogens (tertiary/aromatic N) is 1. The molecule has 0 fully saturated rings. The summed E-state index contributed by atoms with van der Waals surface area (Å²) in [6.07, 6.45) is 0. The molecule has 0 aliphatic carbocycles. The van der Waals surface area contributed by atoms with Crippen LogP contribution in [0.15, 0.2) is 12.1 Å². The van der Waals surface area contributed by atoms with Crippen molar-refractivity contribution in [3.63, 3.8) is 0 Å². The van der Waals surface area contributed by atoms with Gasteiger partial charge in [-0.25, -0.2) is 0 Å². The Morgan fingerprint density at radius 2 is 2.08 bits per heavy atom. The molecule has 0 saturated heterocycles. The summed E-state index contributed by atoms with van der Waals surface area (Å²) in [5.74, 6) is 0. The van der Waals surface area contributed by atoms with E-state index in [1.807, 2.05) is 6.07 Å². The largest absolute Gasteiger partial charge is 0.271 e. The lowest BCUT2D eigenvalue weighted by Gasteiger charge is -1.97. The zero-order valence-corrected chi connectivity index (χ0v) is 10.7. The van der Waals surface area contributed by atoms with E-state index in [4.69, 9.17) is 0 Å². The third-order valence-electron chi connectivity index (χ3n) is 1.81. The molecule has 0 radical (unpaired) electrons. The van der Waals surface area contributed by atoms with Gasteiger partial charge in [0, 0.05) is 8.96 Å². The number of aromatic nitrogens is 2. The van der Waals surface area contributed by atoms with Crippen molar-refractivity contribution in [2.24, 2.45) is 0 Å². The first kappa shape index (κ1) is 8.74. The number of halogens is 2. The van der Waals surface area contributed by atoms with Crippen LogP contribution in [0.3, 0.4) is 0 Å². The lowest BCUT2D eigenvalue weighted by Crippen LogP contribution is -1.81. The molecule has 1 aromatic heterocycles. The highest BCUT2D eigenvalue weighted by Gasteiger charge is 2.07. The van der Waals surface area contributed by atoms with Crippen molar-refractivity contribution in [1.82, 2.24) is 10.2 Å². The van der Waals surface area contributed by atoms with Gasteiger partial charge in [0.25, 0.3) is 0 Å². The molecule has 1 aromatic carbocycles. The van der Waals surface area contributed by atoms with E-state index in [2.05, 4.69) is 68.4 Å². The van der Waals surface area contributed by atoms with Crippen LogP contribution in [0.25, 0.3) is 10.9 Å². The van der Waals surface area contributed by atoms with Crippen LogP contribution in [0.1, 0.15) is 5.56 Å². The molecule has 0 aliphatic heterocycles. The number of benzene rings is 1. The summed E-state index contributed by atoms with van der Waals surface area (Å²) >= 11 is 4.63. The summed E-state index contributed by atoms with van der Waals surface area (Å²) in [4.78, 5) is 0. The molecule has 0 atom stereocenters. The average molecular weight is 384 g/mol. The Morgan fingerprint density at radius 3 is 2.83 bits per heavy atom. The molecular weight excluding hydrogens is 378 g/mol. The molecule has 12 heavy (non-hydrogen) atoms. The Hall–Kier alpha value is 0.150. The van der Waals surface area contributed by atoms with E-state index in [1.165, 1.54) is 14.5 Å². The van der Waals surface area contributed by atoms with Gasteiger partial charge in [-0.3, -0.25) is 5.10 Å². The number of fused-ring (bicyclic) bond motifs is 1. The number of aryl methyl sites for hydroxylation is 1. The zero-order chi connectivity index (χ0) is 8.72. The van der Waals surface area contributed by atoms with Gasteiger partial charge < -0.3 is 0 Å². The van der Waals surface area contributed by atoms with Crippen molar-refractivity contribution in [3.8, 4) is 0 Å². The minimum Gasteiger partial charge on any atom is -0.271 e. The molecule has 1 heterocycles. The van der Waals surface area contributed by atoms with Gasteiger partial charge in [-0.1, -0.05) is 6.07 Å². The van der Waals surface area contributed by atoms with E-state index in [-0.39, 0.29) is 0 Å². The molecule has 62 valence electrons. The van der Waals surface area contributed by atoms with Crippen molar-refractivity contribution in [3.05, 3.63) is 25.0 Å². The monoisotopic (exact) mass is 384 g/mol. The molecular formula is C8H6I2N2. The molecule has 0 aliphatic rings. The van der Waals surface area contributed by atoms with Crippen LogP contribution >= 0.6 is 45.2 Å². The van der Waals surface area contributed by atoms with E-state index in [0.29, 0.717) is 0 Å². The van der Waals surface area contributed by atoms with Gasteiger partial charge in [-0.2, -0.15) is 5.10 Å². The molecule has 2 nitrogen and oxygen atoms in total. The number of hydrogen-bond acceptors (Lipinski definition) is 1. The fourth-order valence-electron chi connectivity index (χ4n) is 1.14. The molecule has 4 heteroatoms. The van der Waals surface area contributed by atoms with Gasteiger partial charge in [0.15, 0.2) is 0 Å². The van der Waals surface area contributed by atoms with E-state index < -0.39 is 0 Å². The predicted molar refractivity (Wildman–Crippen MR) is 66.3 cm³/mol. The quantitative estimate of drug-likeness (QED) is 0.696. The number of H-pyrrole nitrogens is 1. The SMILES string of the molecule is Cc1ccc2n[nH]c(I)c2c1I. The van der Waals surface area contributed by atoms with Crippen LogP contribution in [-0.4, -0.2) is 10.2 Å². The maximum Gasteiger partial charge on any atom is 0.105 e. The van der Waals surface area contributed by atoms with Crippen molar-refractivity contribution >= 4 is 56.1 Å². The summed E-state index contributed by atoms with van der Waals surface area (Å²) < 4.78 is 2.42. The highest BCUT2D eigenvalue weighted by molar-refractivity contribution is 14.1. The van der Waals surface area contributed by atoms with Crippen LogP contribution < -0.4 is 0 Å². The normalized spacial score (nSPS) is 10.9. The molecule has 0 bridgehead atoms. The number of nitrogens with one attached hydrogen (secondary N) is 1. The van der Waals surface area contributed by atoms with E-state index >= 15 is 0 Å². The fraction of sp³-hybridized carbons (Fsp3) is 0.125. The third kappa shape index (κ3) is 1.24. The minimum atomic E-state index is 1.05. The summed E-state index contributed by atoms with van der Waals surface area (Å²) in [6, 6.07) is 4.15. The first-order valence-corrected chi connectivity index (χ1v) is 5.64. The smallest absolute Gasteiger partial charge is 0.105 e. The zero-order valence-electron chi connectivity index (χ0n) is 6.36. The maximum absolute atomic E-state index is 4.18. The first-order valence-electron chi connectivity index (χ1n) is 3.49. The number of aromatic amines is 1. The molecule has 2 rings (SSSR count). The Balaban J connectivity index is 2.96. The van der Waals surface area contributed by atoms with Crippen LogP contribution in [0.2, 0.25) is 0 Å². The molecule has 2 aromatic rings. The molecule has 1 N–H and O–H groups in total. The number of rotatable bonds is 0. The van der Waals surface area contributed by atoms with Gasteiger partial charge in [0.1, 0.15) is 3.70 Å². The van der Waals surface area contributed by atoms with E-state index in [0.717, 1.165) is 9.22 Å². The number of hydrogen-bond donors (Lipinski definition) is 1. The summed E-state index contributed by atoms with van der Waals surface area (Å²) in [7, 11) is 0. The minimum absolute atomic E-state index is 1.05. The second-order valence-electron chi connectivity index (χ2n) is 2.63. The van der Waals surface area contributed by atoms with Crippen LogP contribution in [-0.2, 0) is 0 Å². The Bertz CT molecular complexity index is 434. The molecule has 0 saturated carbocycles. The lowest BCUT2D eigenvalue weighted by molar-refractivity contribution is 1.09. The topological polar surface area (TPSA) is 28.7 Å². The van der Waals surface area contributed by atoms with Crippen LogP contribution in [0.5, 0.6) is 0 Å². The molecule has 0 unspecified atom stereocenters. The lowest BCUT2D eigenvalue weighted by atomic mass is 10.2. The predicted octanol–water partition coefficient (Wildman–Crippen LogP) is 3.08. The van der Waals surface area contributed by atoms with Crippen molar-refractivity contribution in [1.29, 1.82) is 0 Å². The fourth-order valence-corrected chi connectivity index (χ4v) is 3.05. The Kier molecular flexibility index (Phi) is 2.28. The third-order valence-corrected chi connectivity index (χ3v) is 3.98. The van der Waals surface area contributed by atoms with Gasteiger partial charge in [-0.05, 0) is 63.7 Å². The van der Waals surface area contributed by atoms with Crippen LogP contribution in [0, 0.1) is 14.2 Å². The first-order chi connectivity index (χ1) is 5.70. The van der Waals surface area contributed by atoms with E-state index in [1.54, 1.807) is 0 Å². The van der Waals surface area contributed by atoms with E-state index in [9.17, 15) is 0 Å².